The second-order valence-corrected chi connectivity index (χ2v) is 8.24. The number of aryl methyl sites for hydroxylation is 1. The predicted molar refractivity (Wildman–Crippen MR) is 111 cm³/mol. The molecular weight excluding hydrogens is 388 g/mol. The van der Waals surface area contributed by atoms with Gasteiger partial charge in [-0.15, -0.1) is 0 Å². The topological polar surface area (TPSA) is 94.5 Å². The summed E-state index contributed by atoms with van der Waals surface area (Å²) in [7, 11) is 1.66. The van der Waals surface area contributed by atoms with Crippen LogP contribution in [-0.2, 0) is 6.42 Å². The van der Waals surface area contributed by atoms with E-state index in [-0.39, 0.29) is 11.8 Å². The van der Waals surface area contributed by atoms with E-state index in [2.05, 4.69) is 9.97 Å². The Kier molecular flexibility index (Phi) is 5.53. The average molecular weight is 413 g/mol. The minimum Gasteiger partial charge on any atom is -0.496 e. The van der Waals surface area contributed by atoms with Crippen molar-refractivity contribution < 1.29 is 13.9 Å². The molecule has 1 fully saturated rings. The Hall–Kier alpha value is -2.87. The number of thiazole rings is 1. The standard InChI is InChI=1S/C21H24N4O3S/c1-13-18(29-21(22)24-13)20(26)25-9-5-7-15(12-25)19-23-11-16(28-19)10-14-6-3-4-8-17(14)27-2/h3-4,6,8,11,15H,5,7,9-10,12H2,1-2H3,(H2,22,24). The lowest BCUT2D eigenvalue weighted by Crippen LogP contribution is -2.39. The van der Waals surface area contributed by atoms with Crippen LogP contribution in [-0.4, -0.2) is 41.0 Å². The van der Waals surface area contributed by atoms with Crippen LogP contribution in [0.25, 0.3) is 0 Å². The molecule has 4 rings (SSSR count). The highest BCUT2D eigenvalue weighted by atomic mass is 32.1. The van der Waals surface area contributed by atoms with Crippen molar-refractivity contribution in [1.29, 1.82) is 0 Å². The average Bonchev–Trinajstić information content (AvgIpc) is 3.34. The molecule has 0 bridgehead atoms. The number of oxazole rings is 1. The van der Waals surface area contributed by atoms with Gasteiger partial charge in [-0.25, -0.2) is 9.97 Å². The number of carbonyl (C=O) groups is 1. The number of nitrogens with zero attached hydrogens (tertiary/aromatic N) is 3. The summed E-state index contributed by atoms with van der Waals surface area (Å²) in [6, 6.07) is 7.88. The molecular formula is C21H24N4O3S. The Morgan fingerprint density at radius 2 is 2.24 bits per heavy atom. The van der Waals surface area contributed by atoms with Crippen LogP contribution in [0.1, 0.15) is 51.3 Å². The first-order valence-electron chi connectivity index (χ1n) is 9.64. The molecule has 1 saturated heterocycles. The highest BCUT2D eigenvalue weighted by Crippen LogP contribution is 2.30. The Bertz CT molecular complexity index is 1010. The van der Waals surface area contributed by atoms with E-state index < -0.39 is 0 Å². The van der Waals surface area contributed by atoms with Crippen LogP contribution in [0.2, 0.25) is 0 Å². The maximum Gasteiger partial charge on any atom is 0.265 e. The van der Waals surface area contributed by atoms with Gasteiger partial charge in [-0.2, -0.15) is 0 Å². The number of aromatic nitrogens is 2. The number of carbonyl (C=O) groups excluding carboxylic acids is 1. The summed E-state index contributed by atoms with van der Waals surface area (Å²) in [5.41, 5.74) is 7.50. The fourth-order valence-corrected chi connectivity index (χ4v) is 4.55. The number of nitrogens with two attached hydrogens (primary N) is 1. The smallest absolute Gasteiger partial charge is 0.265 e. The van der Waals surface area contributed by atoms with Crippen LogP contribution < -0.4 is 10.5 Å². The fourth-order valence-electron chi connectivity index (χ4n) is 3.75. The molecule has 0 spiro atoms. The van der Waals surface area contributed by atoms with Crippen LogP contribution in [0.4, 0.5) is 5.13 Å². The van der Waals surface area contributed by atoms with Crippen molar-refractivity contribution in [2.45, 2.75) is 32.1 Å². The molecule has 152 valence electrons. The normalized spacial score (nSPS) is 16.8. The third kappa shape index (κ3) is 4.12. The number of methoxy groups -OCH3 is 1. The van der Waals surface area contributed by atoms with E-state index in [9.17, 15) is 4.79 Å². The molecule has 7 nitrogen and oxygen atoms in total. The van der Waals surface area contributed by atoms with Gasteiger partial charge in [0.1, 0.15) is 16.4 Å². The van der Waals surface area contributed by atoms with Crippen LogP contribution in [0, 0.1) is 6.92 Å². The lowest BCUT2D eigenvalue weighted by atomic mass is 9.98. The molecule has 1 aliphatic heterocycles. The van der Waals surface area contributed by atoms with Crippen LogP contribution >= 0.6 is 11.3 Å². The van der Waals surface area contributed by atoms with Crippen molar-refractivity contribution in [3.63, 3.8) is 0 Å². The fraction of sp³-hybridized carbons (Fsp3) is 0.381. The molecule has 8 heteroatoms. The number of amides is 1. The molecule has 0 saturated carbocycles. The van der Waals surface area contributed by atoms with Gasteiger partial charge in [-0.1, -0.05) is 29.5 Å². The summed E-state index contributed by atoms with van der Waals surface area (Å²) in [6.45, 7) is 3.13. The molecule has 0 radical (unpaired) electrons. The first kappa shape index (κ1) is 19.4. The SMILES string of the molecule is COc1ccccc1Cc1cnc(C2CCCN(C(=O)c3sc(N)nc3C)C2)o1. The first-order valence-corrected chi connectivity index (χ1v) is 10.5. The first-order chi connectivity index (χ1) is 14.0. The largest absolute Gasteiger partial charge is 0.496 e. The van der Waals surface area contributed by atoms with Gasteiger partial charge in [0.2, 0.25) is 0 Å². The molecule has 29 heavy (non-hydrogen) atoms. The zero-order valence-electron chi connectivity index (χ0n) is 16.6. The van der Waals surface area contributed by atoms with Gasteiger partial charge >= 0.3 is 0 Å². The third-order valence-electron chi connectivity index (χ3n) is 5.19. The number of ether oxygens (including phenoxy) is 1. The zero-order chi connectivity index (χ0) is 20.4. The quantitative estimate of drug-likeness (QED) is 0.687. The van der Waals surface area contributed by atoms with Gasteiger partial charge in [-0.05, 0) is 25.8 Å². The highest BCUT2D eigenvalue weighted by Gasteiger charge is 2.30. The van der Waals surface area contributed by atoms with Gasteiger partial charge in [0.15, 0.2) is 11.0 Å². The molecule has 3 heterocycles. The molecule has 2 N–H and O–H groups in total. The number of rotatable bonds is 5. The van der Waals surface area contributed by atoms with Gasteiger partial charge in [-0.3, -0.25) is 4.79 Å². The van der Waals surface area contributed by atoms with Gasteiger partial charge in [0.05, 0.1) is 24.9 Å². The minimum atomic E-state index is -0.0119. The number of benzene rings is 1. The Balaban J connectivity index is 1.46. The van der Waals surface area contributed by atoms with Crippen molar-refractivity contribution in [1.82, 2.24) is 14.9 Å². The predicted octanol–water partition coefficient (Wildman–Crippen LogP) is 3.64. The summed E-state index contributed by atoms with van der Waals surface area (Å²) in [6.07, 6.45) is 4.25. The Labute approximate surface area is 173 Å². The molecule has 1 aromatic carbocycles. The number of hydrogen-bond acceptors (Lipinski definition) is 7. The van der Waals surface area contributed by atoms with Gasteiger partial charge in [0, 0.05) is 25.1 Å². The second-order valence-electron chi connectivity index (χ2n) is 7.21. The summed E-state index contributed by atoms with van der Waals surface area (Å²) in [5.74, 6) is 2.39. The van der Waals surface area contributed by atoms with Gasteiger partial charge < -0.3 is 19.8 Å². The van der Waals surface area contributed by atoms with Crippen molar-refractivity contribution in [2.24, 2.45) is 0 Å². The molecule has 0 aliphatic carbocycles. The summed E-state index contributed by atoms with van der Waals surface area (Å²) in [5, 5.41) is 0.424. The van der Waals surface area contributed by atoms with E-state index in [4.69, 9.17) is 14.9 Å². The number of hydrogen-bond donors (Lipinski definition) is 1. The lowest BCUT2D eigenvalue weighted by Gasteiger charge is -2.31. The Morgan fingerprint density at radius 3 is 3.00 bits per heavy atom. The van der Waals surface area contributed by atoms with Crippen molar-refractivity contribution in [3.8, 4) is 5.75 Å². The van der Waals surface area contributed by atoms with Crippen LogP contribution in [0.15, 0.2) is 34.9 Å². The van der Waals surface area contributed by atoms with E-state index >= 15 is 0 Å². The number of nitrogen functional groups attached to an aromatic ring is 1. The molecule has 2 aromatic heterocycles. The van der Waals surface area contributed by atoms with E-state index in [1.54, 1.807) is 13.3 Å². The number of anilines is 1. The van der Waals surface area contributed by atoms with Crippen molar-refractivity contribution in [3.05, 3.63) is 58.2 Å². The molecule has 3 aromatic rings. The molecule has 1 aliphatic rings. The third-order valence-corrected chi connectivity index (χ3v) is 6.17. The summed E-state index contributed by atoms with van der Waals surface area (Å²) < 4.78 is 11.5. The maximum atomic E-state index is 12.9. The van der Waals surface area contributed by atoms with Crippen LogP contribution in [0.3, 0.4) is 0 Å². The minimum absolute atomic E-state index is 0.0119. The number of para-hydroxylation sites is 1. The van der Waals surface area contributed by atoms with Crippen molar-refractivity contribution >= 4 is 22.4 Å². The summed E-state index contributed by atoms with van der Waals surface area (Å²) in [4.78, 5) is 24.1. The number of piperidine rings is 1. The molecule has 1 unspecified atom stereocenters. The Morgan fingerprint density at radius 1 is 1.41 bits per heavy atom. The monoisotopic (exact) mass is 412 g/mol. The zero-order valence-corrected chi connectivity index (χ0v) is 17.4. The van der Waals surface area contributed by atoms with Crippen LogP contribution in [0.5, 0.6) is 5.75 Å². The van der Waals surface area contributed by atoms with Gasteiger partial charge in [0.25, 0.3) is 5.91 Å². The van der Waals surface area contributed by atoms with E-state index in [0.717, 1.165) is 36.5 Å². The van der Waals surface area contributed by atoms with E-state index in [1.165, 1.54) is 11.3 Å². The second kappa shape index (κ2) is 8.24. The lowest BCUT2D eigenvalue weighted by molar-refractivity contribution is 0.0702. The number of likely N-dealkylation sites (tertiary alicyclic amines) is 1. The molecule has 1 atom stereocenters. The van der Waals surface area contributed by atoms with Crippen molar-refractivity contribution in [2.75, 3.05) is 25.9 Å². The summed E-state index contributed by atoms with van der Waals surface area (Å²) >= 11 is 1.25. The molecule has 1 amide bonds. The van der Waals surface area contributed by atoms with E-state index in [0.29, 0.717) is 34.6 Å². The maximum absolute atomic E-state index is 12.9. The van der Waals surface area contributed by atoms with E-state index in [1.807, 2.05) is 36.1 Å². The highest BCUT2D eigenvalue weighted by molar-refractivity contribution is 7.17.